The van der Waals surface area contributed by atoms with Gasteiger partial charge in [-0.25, -0.2) is 0 Å². The summed E-state index contributed by atoms with van der Waals surface area (Å²) in [5, 5.41) is 9.81. The fourth-order valence-corrected chi connectivity index (χ4v) is 1.14. The standard InChI is InChI=1S/C8H10ClNO2/c1-12-8-3-6(9)5(4-10)2-7(8)11/h2-3,11H,4,10H2,1H3. The number of phenols is 1. The summed E-state index contributed by atoms with van der Waals surface area (Å²) < 4.78 is 4.85. The van der Waals surface area contributed by atoms with Gasteiger partial charge >= 0.3 is 0 Å². The van der Waals surface area contributed by atoms with Crippen LogP contribution in [-0.2, 0) is 6.54 Å². The van der Waals surface area contributed by atoms with Crippen LogP contribution in [0.5, 0.6) is 11.5 Å². The quantitative estimate of drug-likeness (QED) is 0.738. The smallest absolute Gasteiger partial charge is 0.161 e. The Hall–Kier alpha value is -0.930. The fraction of sp³-hybridized carbons (Fsp3) is 0.250. The molecule has 0 aromatic heterocycles. The first kappa shape index (κ1) is 9.16. The molecule has 0 unspecified atom stereocenters. The highest BCUT2D eigenvalue weighted by Gasteiger charge is 2.06. The van der Waals surface area contributed by atoms with Crippen molar-refractivity contribution in [3.05, 3.63) is 22.7 Å². The van der Waals surface area contributed by atoms with E-state index >= 15 is 0 Å². The molecule has 0 saturated heterocycles. The zero-order chi connectivity index (χ0) is 9.14. The van der Waals surface area contributed by atoms with Crippen LogP contribution in [-0.4, -0.2) is 12.2 Å². The summed E-state index contributed by atoms with van der Waals surface area (Å²) in [4.78, 5) is 0. The van der Waals surface area contributed by atoms with Gasteiger partial charge in [0.2, 0.25) is 0 Å². The average Bonchev–Trinajstić information content (AvgIpc) is 2.08. The second-order valence-electron chi connectivity index (χ2n) is 2.32. The Morgan fingerprint density at radius 1 is 1.58 bits per heavy atom. The van der Waals surface area contributed by atoms with Gasteiger partial charge in [0.1, 0.15) is 0 Å². The van der Waals surface area contributed by atoms with E-state index in [0.29, 0.717) is 22.9 Å². The lowest BCUT2D eigenvalue weighted by atomic mass is 10.2. The molecule has 0 amide bonds. The Labute approximate surface area is 75.7 Å². The minimum atomic E-state index is 0.0577. The Kier molecular flexibility index (Phi) is 2.78. The molecule has 1 aromatic carbocycles. The second kappa shape index (κ2) is 3.65. The third kappa shape index (κ3) is 1.62. The number of hydrogen-bond donors (Lipinski definition) is 2. The first-order valence-electron chi connectivity index (χ1n) is 3.44. The predicted octanol–water partition coefficient (Wildman–Crippen LogP) is 1.51. The molecule has 0 bridgehead atoms. The molecule has 3 nitrogen and oxygen atoms in total. The molecule has 3 N–H and O–H groups in total. The minimum absolute atomic E-state index is 0.0577. The van der Waals surface area contributed by atoms with Crippen molar-refractivity contribution >= 4 is 11.6 Å². The fourth-order valence-electron chi connectivity index (χ4n) is 0.907. The Morgan fingerprint density at radius 2 is 2.25 bits per heavy atom. The van der Waals surface area contributed by atoms with Gasteiger partial charge in [-0.1, -0.05) is 11.6 Å². The van der Waals surface area contributed by atoms with Crippen molar-refractivity contribution in [1.29, 1.82) is 0 Å². The Balaban J connectivity index is 3.16. The summed E-state index contributed by atoms with van der Waals surface area (Å²) >= 11 is 5.81. The summed E-state index contributed by atoms with van der Waals surface area (Å²) in [6.07, 6.45) is 0. The summed E-state index contributed by atoms with van der Waals surface area (Å²) in [6.45, 7) is 0.302. The molecule has 0 aliphatic carbocycles. The number of phenolic OH excluding ortho intramolecular Hbond substituents is 1. The van der Waals surface area contributed by atoms with E-state index in [9.17, 15) is 5.11 Å². The summed E-state index contributed by atoms with van der Waals surface area (Å²) in [7, 11) is 1.47. The third-order valence-corrected chi connectivity index (χ3v) is 1.92. The van der Waals surface area contributed by atoms with Crippen molar-refractivity contribution in [3.63, 3.8) is 0 Å². The summed E-state index contributed by atoms with van der Waals surface area (Å²) in [5.41, 5.74) is 6.08. The van der Waals surface area contributed by atoms with Crippen molar-refractivity contribution in [1.82, 2.24) is 0 Å². The van der Waals surface area contributed by atoms with E-state index in [-0.39, 0.29) is 5.75 Å². The number of benzene rings is 1. The molecule has 66 valence electrons. The van der Waals surface area contributed by atoms with Gasteiger partial charge in [-0.15, -0.1) is 0 Å². The van der Waals surface area contributed by atoms with Crippen molar-refractivity contribution in [2.45, 2.75) is 6.54 Å². The second-order valence-corrected chi connectivity index (χ2v) is 2.73. The van der Waals surface area contributed by atoms with E-state index in [0.717, 1.165) is 0 Å². The molecular formula is C8H10ClNO2. The highest BCUT2D eigenvalue weighted by molar-refractivity contribution is 6.31. The van der Waals surface area contributed by atoms with Gasteiger partial charge < -0.3 is 15.6 Å². The van der Waals surface area contributed by atoms with Gasteiger partial charge in [-0.3, -0.25) is 0 Å². The molecule has 4 heteroatoms. The van der Waals surface area contributed by atoms with E-state index in [1.807, 2.05) is 0 Å². The van der Waals surface area contributed by atoms with E-state index in [1.165, 1.54) is 13.2 Å². The predicted molar refractivity (Wildman–Crippen MR) is 47.6 cm³/mol. The van der Waals surface area contributed by atoms with Crippen LogP contribution in [0.3, 0.4) is 0 Å². The zero-order valence-corrected chi connectivity index (χ0v) is 7.43. The molecule has 12 heavy (non-hydrogen) atoms. The molecule has 0 spiro atoms. The molecule has 1 rings (SSSR count). The highest BCUT2D eigenvalue weighted by Crippen LogP contribution is 2.31. The third-order valence-electron chi connectivity index (χ3n) is 1.57. The first-order valence-corrected chi connectivity index (χ1v) is 3.82. The maximum Gasteiger partial charge on any atom is 0.161 e. The zero-order valence-electron chi connectivity index (χ0n) is 6.67. The number of rotatable bonds is 2. The number of ether oxygens (including phenoxy) is 1. The molecule has 0 radical (unpaired) electrons. The van der Waals surface area contributed by atoms with Crippen LogP contribution in [0.1, 0.15) is 5.56 Å². The number of halogens is 1. The highest BCUT2D eigenvalue weighted by atomic mass is 35.5. The Bertz CT molecular complexity index is 259. The van der Waals surface area contributed by atoms with Gasteiger partial charge in [0.05, 0.1) is 7.11 Å². The van der Waals surface area contributed by atoms with Crippen LogP contribution >= 0.6 is 11.6 Å². The largest absolute Gasteiger partial charge is 0.504 e. The molecule has 0 aliphatic rings. The monoisotopic (exact) mass is 187 g/mol. The molecule has 1 aromatic rings. The molecule has 0 atom stereocenters. The molecule has 0 heterocycles. The minimum Gasteiger partial charge on any atom is -0.504 e. The van der Waals surface area contributed by atoms with Crippen molar-refractivity contribution in [2.75, 3.05) is 7.11 Å². The molecular weight excluding hydrogens is 178 g/mol. The molecule has 0 aliphatic heterocycles. The number of nitrogens with two attached hydrogens (primary N) is 1. The lowest BCUT2D eigenvalue weighted by molar-refractivity contribution is 0.373. The van der Waals surface area contributed by atoms with Gasteiger partial charge in [0, 0.05) is 17.6 Å². The average molecular weight is 188 g/mol. The van der Waals surface area contributed by atoms with E-state index in [1.54, 1.807) is 6.07 Å². The van der Waals surface area contributed by atoms with Crippen LogP contribution in [0.25, 0.3) is 0 Å². The van der Waals surface area contributed by atoms with Gasteiger partial charge in [-0.05, 0) is 11.6 Å². The molecule has 0 saturated carbocycles. The SMILES string of the molecule is COc1cc(Cl)c(CN)cc1O. The number of hydrogen-bond acceptors (Lipinski definition) is 3. The summed E-state index contributed by atoms with van der Waals surface area (Å²) in [6, 6.07) is 3.04. The van der Waals surface area contributed by atoms with Crippen LogP contribution < -0.4 is 10.5 Å². The molecule has 0 fully saturated rings. The van der Waals surface area contributed by atoms with Crippen LogP contribution in [0.2, 0.25) is 5.02 Å². The lowest BCUT2D eigenvalue weighted by Gasteiger charge is -2.06. The van der Waals surface area contributed by atoms with Crippen LogP contribution in [0.4, 0.5) is 0 Å². The topological polar surface area (TPSA) is 55.5 Å². The van der Waals surface area contributed by atoms with Crippen LogP contribution in [0, 0.1) is 0 Å². The van der Waals surface area contributed by atoms with Crippen molar-refractivity contribution in [2.24, 2.45) is 5.73 Å². The maximum absolute atomic E-state index is 9.31. The van der Waals surface area contributed by atoms with E-state index in [2.05, 4.69) is 0 Å². The van der Waals surface area contributed by atoms with Gasteiger partial charge in [0.15, 0.2) is 11.5 Å². The summed E-state index contributed by atoms with van der Waals surface area (Å²) in [5.74, 6) is 0.416. The number of aromatic hydroxyl groups is 1. The lowest BCUT2D eigenvalue weighted by Crippen LogP contribution is -1.97. The van der Waals surface area contributed by atoms with Crippen molar-refractivity contribution < 1.29 is 9.84 Å². The Morgan fingerprint density at radius 3 is 2.75 bits per heavy atom. The van der Waals surface area contributed by atoms with Gasteiger partial charge in [-0.2, -0.15) is 0 Å². The van der Waals surface area contributed by atoms with E-state index in [4.69, 9.17) is 22.1 Å². The number of methoxy groups -OCH3 is 1. The maximum atomic E-state index is 9.31. The van der Waals surface area contributed by atoms with Gasteiger partial charge in [0.25, 0.3) is 0 Å². The normalized spacial score (nSPS) is 9.92. The first-order chi connectivity index (χ1) is 5.69. The van der Waals surface area contributed by atoms with E-state index < -0.39 is 0 Å². The van der Waals surface area contributed by atoms with Crippen molar-refractivity contribution in [3.8, 4) is 11.5 Å². The van der Waals surface area contributed by atoms with Crippen LogP contribution in [0.15, 0.2) is 12.1 Å².